The van der Waals surface area contributed by atoms with Crippen LogP contribution in [0.5, 0.6) is 0 Å². The van der Waals surface area contributed by atoms with Gasteiger partial charge in [0.15, 0.2) is 0 Å². The smallest absolute Gasteiger partial charge is 0.258 e. The molecule has 0 amide bonds. The van der Waals surface area contributed by atoms with Crippen LogP contribution in [0.2, 0.25) is 0 Å². The maximum atomic E-state index is 11.6. The first kappa shape index (κ1) is 14.3. The number of nitrogens with zero attached hydrogens (tertiary/aromatic N) is 1. The molecule has 1 heterocycles. The van der Waals surface area contributed by atoms with Crippen molar-refractivity contribution in [2.24, 2.45) is 0 Å². The fourth-order valence-electron chi connectivity index (χ4n) is 1.79. The average molecular weight is 278 g/mol. The Morgan fingerprint density at radius 2 is 2.20 bits per heavy atom. The van der Waals surface area contributed by atoms with Crippen molar-refractivity contribution in [3.8, 4) is 0 Å². The summed E-state index contributed by atoms with van der Waals surface area (Å²) in [6.45, 7) is 2.29. The number of ether oxygens (including phenoxy) is 2. The van der Waals surface area contributed by atoms with Gasteiger partial charge in [0, 0.05) is 13.7 Å². The Bertz CT molecular complexity index is 627. The summed E-state index contributed by atoms with van der Waals surface area (Å²) in [4.78, 5) is 18.2. The molecule has 0 saturated carbocycles. The number of anilines is 2. The van der Waals surface area contributed by atoms with Gasteiger partial charge >= 0.3 is 0 Å². The molecule has 1 aromatic carbocycles. The van der Waals surface area contributed by atoms with Crippen molar-refractivity contribution in [2.45, 2.75) is 0 Å². The van der Waals surface area contributed by atoms with Crippen molar-refractivity contribution in [3.63, 3.8) is 0 Å². The van der Waals surface area contributed by atoms with Gasteiger partial charge < -0.3 is 25.5 Å². The Labute approximate surface area is 116 Å². The van der Waals surface area contributed by atoms with Crippen LogP contribution in [0, 0.1) is 0 Å². The molecule has 0 aliphatic rings. The van der Waals surface area contributed by atoms with Crippen molar-refractivity contribution in [1.29, 1.82) is 0 Å². The van der Waals surface area contributed by atoms with Crippen LogP contribution in [0.1, 0.15) is 0 Å². The second kappa shape index (κ2) is 6.88. The Hall–Kier alpha value is -2.12. The van der Waals surface area contributed by atoms with Crippen LogP contribution in [0.15, 0.2) is 23.3 Å². The van der Waals surface area contributed by atoms with Crippen LogP contribution in [0.25, 0.3) is 10.9 Å². The van der Waals surface area contributed by atoms with Crippen LogP contribution in [-0.4, -0.2) is 43.4 Å². The molecule has 0 spiro atoms. The fraction of sp³-hybridized carbons (Fsp3) is 0.385. The van der Waals surface area contributed by atoms with Gasteiger partial charge in [-0.15, -0.1) is 0 Å². The summed E-state index contributed by atoms with van der Waals surface area (Å²) in [7, 11) is 1.63. The third-order valence-corrected chi connectivity index (χ3v) is 2.81. The Morgan fingerprint density at radius 3 is 3.00 bits per heavy atom. The van der Waals surface area contributed by atoms with E-state index in [0.29, 0.717) is 43.0 Å². The number of fused-ring (bicyclic) bond motifs is 1. The van der Waals surface area contributed by atoms with Crippen LogP contribution in [0.4, 0.5) is 11.4 Å². The molecule has 20 heavy (non-hydrogen) atoms. The maximum Gasteiger partial charge on any atom is 0.258 e. The number of nitrogen functional groups attached to an aromatic ring is 1. The molecule has 0 atom stereocenters. The lowest BCUT2D eigenvalue weighted by Crippen LogP contribution is -2.13. The SMILES string of the molecule is COCCOCCNc1cc2nc[nH]c(=O)c2cc1N. The number of nitrogens with one attached hydrogen (secondary N) is 2. The number of hydrogen-bond donors (Lipinski definition) is 3. The van der Waals surface area contributed by atoms with Gasteiger partial charge in [0.25, 0.3) is 5.56 Å². The zero-order valence-corrected chi connectivity index (χ0v) is 11.3. The minimum atomic E-state index is -0.198. The monoisotopic (exact) mass is 278 g/mol. The number of hydrogen-bond acceptors (Lipinski definition) is 6. The molecule has 2 rings (SSSR count). The van der Waals surface area contributed by atoms with E-state index < -0.39 is 0 Å². The van der Waals surface area contributed by atoms with Crippen LogP contribution in [-0.2, 0) is 9.47 Å². The van der Waals surface area contributed by atoms with Gasteiger partial charge in [-0.25, -0.2) is 4.98 Å². The molecule has 1 aromatic heterocycles. The largest absolute Gasteiger partial charge is 0.397 e. The fourth-order valence-corrected chi connectivity index (χ4v) is 1.79. The highest BCUT2D eigenvalue weighted by Crippen LogP contribution is 2.22. The molecule has 0 bridgehead atoms. The van der Waals surface area contributed by atoms with Gasteiger partial charge in [-0.1, -0.05) is 0 Å². The molecule has 4 N–H and O–H groups in total. The van der Waals surface area contributed by atoms with Crippen molar-refractivity contribution in [1.82, 2.24) is 9.97 Å². The second-order valence-corrected chi connectivity index (χ2v) is 4.22. The van der Waals surface area contributed by atoms with E-state index >= 15 is 0 Å². The molecule has 0 radical (unpaired) electrons. The molecular weight excluding hydrogens is 260 g/mol. The third-order valence-electron chi connectivity index (χ3n) is 2.81. The van der Waals surface area contributed by atoms with E-state index in [1.807, 2.05) is 0 Å². The summed E-state index contributed by atoms with van der Waals surface area (Å²) in [5.74, 6) is 0. The first-order chi connectivity index (χ1) is 9.72. The minimum absolute atomic E-state index is 0.198. The minimum Gasteiger partial charge on any atom is -0.397 e. The standard InChI is InChI=1S/C13H18N4O3/c1-19-4-5-20-3-2-15-12-7-11-9(6-10(12)14)13(18)17-8-16-11/h6-8,15H,2-5,14H2,1H3,(H,16,17,18). The summed E-state index contributed by atoms with van der Waals surface area (Å²) >= 11 is 0. The first-order valence-corrected chi connectivity index (χ1v) is 6.30. The van der Waals surface area contributed by atoms with E-state index in [1.165, 1.54) is 6.33 Å². The lowest BCUT2D eigenvalue weighted by Gasteiger charge is -2.10. The van der Waals surface area contributed by atoms with E-state index in [1.54, 1.807) is 19.2 Å². The number of benzene rings is 1. The number of aromatic amines is 1. The highest BCUT2D eigenvalue weighted by molar-refractivity contribution is 5.88. The van der Waals surface area contributed by atoms with Gasteiger partial charge in [-0.2, -0.15) is 0 Å². The van der Waals surface area contributed by atoms with Crippen molar-refractivity contribution in [3.05, 3.63) is 28.8 Å². The van der Waals surface area contributed by atoms with Crippen molar-refractivity contribution >= 4 is 22.3 Å². The van der Waals surface area contributed by atoms with Gasteiger partial charge in [-0.05, 0) is 12.1 Å². The van der Waals surface area contributed by atoms with Crippen molar-refractivity contribution < 1.29 is 9.47 Å². The Morgan fingerprint density at radius 1 is 1.35 bits per heavy atom. The number of H-pyrrole nitrogens is 1. The van der Waals surface area contributed by atoms with Gasteiger partial charge in [0.05, 0.1) is 48.4 Å². The molecule has 0 aliphatic heterocycles. The zero-order valence-electron chi connectivity index (χ0n) is 11.3. The molecule has 108 valence electrons. The topological polar surface area (TPSA) is 102 Å². The Kier molecular flexibility index (Phi) is 4.91. The summed E-state index contributed by atoms with van der Waals surface area (Å²) in [6, 6.07) is 3.38. The second-order valence-electron chi connectivity index (χ2n) is 4.22. The summed E-state index contributed by atoms with van der Waals surface area (Å²) in [6.07, 6.45) is 1.37. The summed E-state index contributed by atoms with van der Waals surface area (Å²) in [5, 5.41) is 3.64. The van der Waals surface area contributed by atoms with Gasteiger partial charge in [0.1, 0.15) is 0 Å². The highest BCUT2D eigenvalue weighted by atomic mass is 16.5. The number of nitrogens with two attached hydrogens (primary N) is 1. The van der Waals surface area contributed by atoms with Crippen molar-refractivity contribution in [2.75, 3.05) is 44.5 Å². The number of methoxy groups -OCH3 is 1. The van der Waals surface area contributed by atoms with E-state index in [-0.39, 0.29) is 5.56 Å². The highest BCUT2D eigenvalue weighted by Gasteiger charge is 2.05. The van der Waals surface area contributed by atoms with E-state index in [2.05, 4.69) is 15.3 Å². The molecule has 0 saturated heterocycles. The summed E-state index contributed by atoms with van der Waals surface area (Å²) < 4.78 is 10.2. The van der Waals surface area contributed by atoms with Gasteiger partial charge in [-0.3, -0.25) is 4.79 Å². The summed E-state index contributed by atoms with van der Waals surface area (Å²) in [5.41, 5.74) is 7.57. The number of aromatic nitrogens is 2. The maximum absolute atomic E-state index is 11.6. The molecule has 7 heteroatoms. The molecular formula is C13H18N4O3. The van der Waals surface area contributed by atoms with Crippen LogP contribution in [0.3, 0.4) is 0 Å². The lowest BCUT2D eigenvalue weighted by atomic mass is 10.2. The normalized spacial score (nSPS) is 10.8. The van der Waals surface area contributed by atoms with Crippen LogP contribution < -0.4 is 16.6 Å². The third kappa shape index (κ3) is 3.46. The van der Waals surface area contributed by atoms with Crippen LogP contribution >= 0.6 is 0 Å². The lowest BCUT2D eigenvalue weighted by molar-refractivity contribution is 0.0759. The van der Waals surface area contributed by atoms with Gasteiger partial charge in [0.2, 0.25) is 0 Å². The Balaban J connectivity index is 2.00. The number of rotatable bonds is 7. The first-order valence-electron chi connectivity index (χ1n) is 6.30. The average Bonchev–Trinajstić information content (AvgIpc) is 2.44. The van der Waals surface area contributed by atoms with E-state index in [0.717, 1.165) is 5.69 Å². The molecule has 7 nitrogen and oxygen atoms in total. The zero-order chi connectivity index (χ0) is 14.4. The quantitative estimate of drug-likeness (QED) is 0.506. The molecule has 0 aliphatic carbocycles. The molecule has 0 unspecified atom stereocenters. The molecule has 2 aromatic rings. The predicted molar refractivity (Wildman–Crippen MR) is 78.0 cm³/mol. The molecule has 0 fully saturated rings. The van der Waals surface area contributed by atoms with E-state index in [4.69, 9.17) is 15.2 Å². The van der Waals surface area contributed by atoms with E-state index in [9.17, 15) is 4.79 Å². The predicted octanol–water partition coefficient (Wildman–Crippen LogP) is 0.580.